The van der Waals surface area contributed by atoms with Crippen LogP contribution >= 0.6 is 0 Å². The summed E-state index contributed by atoms with van der Waals surface area (Å²) in [4.78, 5) is 0. The van der Waals surface area contributed by atoms with Gasteiger partial charge in [0.15, 0.2) is 0 Å². The van der Waals surface area contributed by atoms with E-state index in [1.165, 1.54) is 13.0 Å². The van der Waals surface area contributed by atoms with E-state index >= 15 is 0 Å². The molecule has 1 saturated heterocycles. The standard InChI is InChI=1S/C5H12N2.C2H6/c6-3-5-1-2-7-4-5;1-2/h5,7H,1-4,6H2;1-2H3. The van der Waals surface area contributed by atoms with Crippen molar-refractivity contribution in [1.82, 2.24) is 5.32 Å². The fraction of sp³-hybridized carbons (Fsp3) is 1.00. The van der Waals surface area contributed by atoms with Crippen molar-refractivity contribution in [3.8, 4) is 0 Å². The first kappa shape index (κ1) is 8.92. The number of nitrogens with one attached hydrogen (secondary N) is 1. The second-order valence-corrected chi connectivity index (χ2v) is 2.09. The molecule has 1 unspecified atom stereocenters. The number of hydrogen-bond acceptors (Lipinski definition) is 2. The van der Waals surface area contributed by atoms with Gasteiger partial charge in [-0.1, -0.05) is 13.8 Å². The Morgan fingerprint density at radius 3 is 2.44 bits per heavy atom. The Balaban J connectivity index is 0.000000291. The van der Waals surface area contributed by atoms with Gasteiger partial charge in [0.1, 0.15) is 0 Å². The van der Waals surface area contributed by atoms with Gasteiger partial charge in [-0.25, -0.2) is 0 Å². The highest BCUT2D eigenvalue weighted by atomic mass is 14.9. The van der Waals surface area contributed by atoms with E-state index in [-0.39, 0.29) is 0 Å². The second kappa shape index (κ2) is 6.05. The van der Waals surface area contributed by atoms with Gasteiger partial charge in [0, 0.05) is 0 Å². The topological polar surface area (TPSA) is 38.0 Å². The highest BCUT2D eigenvalue weighted by Gasteiger charge is 2.10. The molecular weight excluding hydrogens is 112 g/mol. The van der Waals surface area contributed by atoms with Crippen LogP contribution in [0.25, 0.3) is 0 Å². The minimum Gasteiger partial charge on any atom is -0.330 e. The Labute approximate surface area is 57.8 Å². The van der Waals surface area contributed by atoms with E-state index in [1.807, 2.05) is 13.8 Å². The summed E-state index contributed by atoms with van der Waals surface area (Å²) in [5.41, 5.74) is 5.39. The Morgan fingerprint density at radius 1 is 1.56 bits per heavy atom. The summed E-state index contributed by atoms with van der Waals surface area (Å²) in [7, 11) is 0. The summed E-state index contributed by atoms with van der Waals surface area (Å²) in [6.45, 7) is 7.16. The van der Waals surface area contributed by atoms with Crippen LogP contribution in [0.1, 0.15) is 20.3 Å². The van der Waals surface area contributed by atoms with Crippen LogP contribution < -0.4 is 11.1 Å². The molecule has 1 rings (SSSR count). The number of rotatable bonds is 1. The Hall–Kier alpha value is -0.0800. The molecule has 56 valence electrons. The Bertz CT molecular complexity index is 48.9. The zero-order valence-electron chi connectivity index (χ0n) is 6.48. The maximum absolute atomic E-state index is 5.39. The van der Waals surface area contributed by atoms with Crippen molar-refractivity contribution >= 4 is 0 Å². The van der Waals surface area contributed by atoms with Crippen molar-refractivity contribution in [1.29, 1.82) is 0 Å². The molecule has 3 N–H and O–H groups in total. The van der Waals surface area contributed by atoms with Crippen LogP contribution in [0.15, 0.2) is 0 Å². The number of hydrogen-bond donors (Lipinski definition) is 2. The van der Waals surface area contributed by atoms with Crippen LogP contribution in [0.3, 0.4) is 0 Å². The highest BCUT2D eigenvalue weighted by molar-refractivity contribution is 4.70. The van der Waals surface area contributed by atoms with Gasteiger partial charge in [-0.05, 0) is 32.0 Å². The quantitative estimate of drug-likeness (QED) is 0.545. The zero-order valence-corrected chi connectivity index (χ0v) is 6.48. The third-order valence-corrected chi connectivity index (χ3v) is 1.50. The molecule has 0 spiro atoms. The monoisotopic (exact) mass is 130 g/mol. The average molecular weight is 130 g/mol. The molecule has 2 heteroatoms. The second-order valence-electron chi connectivity index (χ2n) is 2.09. The van der Waals surface area contributed by atoms with Gasteiger partial charge in [0.05, 0.1) is 0 Å². The van der Waals surface area contributed by atoms with Crippen molar-refractivity contribution in [2.24, 2.45) is 11.7 Å². The fourth-order valence-corrected chi connectivity index (χ4v) is 0.916. The normalized spacial score (nSPS) is 25.0. The minimum atomic E-state index is 0.764. The van der Waals surface area contributed by atoms with E-state index in [4.69, 9.17) is 5.73 Å². The van der Waals surface area contributed by atoms with E-state index in [2.05, 4.69) is 5.32 Å². The first-order chi connectivity index (χ1) is 4.43. The molecule has 2 nitrogen and oxygen atoms in total. The molecule has 1 heterocycles. The minimum absolute atomic E-state index is 0.764. The lowest BCUT2D eigenvalue weighted by atomic mass is 10.1. The summed E-state index contributed by atoms with van der Waals surface area (Å²) in [6.07, 6.45) is 1.27. The lowest BCUT2D eigenvalue weighted by molar-refractivity contribution is 0.596. The summed E-state index contributed by atoms with van der Waals surface area (Å²) >= 11 is 0. The maximum Gasteiger partial charge on any atom is -0.000798 e. The molecule has 0 aromatic heterocycles. The van der Waals surface area contributed by atoms with Gasteiger partial charge in [0.2, 0.25) is 0 Å². The maximum atomic E-state index is 5.39. The van der Waals surface area contributed by atoms with E-state index in [0.29, 0.717) is 0 Å². The van der Waals surface area contributed by atoms with Gasteiger partial charge in [0.25, 0.3) is 0 Å². The predicted molar refractivity (Wildman–Crippen MR) is 41.4 cm³/mol. The molecule has 1 fully saturated rings. The SMILES string of the molecule is CC.NCC1CCNC1. The number of nitrogens with two attached hydrogens (primary N) is 1. The van der Waals surface area contributed by atoms with Crippen molar-refractivity contribution in [3.63, 3.8) is 0 Å². The Morgan fingerprint density at radius 2 is 2.22 bits per heavy atom. The smallest absolute Gasteiger partial charge is 0.000798 e. The van der Waals surface area contributed by atoms with E-state index in [1.54, 1.807) is 0 Å². The molecule has 0 aromatic carbocycles. The molecule has 1 aliphatic heterocycles. The molecule has 1 aliphatic rings. The van der Waals surface area contributed by atoms with Crippen molar-refractivity contribution in [2.75, 3.05) is 19.6 Å². The zero-order chi connectivity index (χ0) is 7.11. The lowest BCUT2D eigenvalue weighted by Gasteiger charge is -1.98. The third kappa shape index (κ3) is 3.49. The van der Waals surface area contributed by atoms with E-state index in [0.717, 1.165) is 19.0 Å². The first-order valence-corrected chi connectivity index (χ1v) is 3.84. The Kier molecular flexibility index (Phi) is 5.99. The molecule has 0 amide bonds. The summed E-state index contributed by atoms with van der Waals surface area (Å²) in [5, 5.41) is 3.24. The van der Waals surface area contributed by atoms with Crippen molar-refractivity contribution in [2.45, 2.75) is 20.3 Å². The van der Waals surface area contributed by atoms with Gasteiger partial charge < -0.3 is 11.1 Å². The van der Waals surface area contributed by atoms with Crippen molar-refractivity contribution < 1.29 is 0 Å². The predicted octanol–water partition coefficient (Wildman–Crippen LogP) is 0.581. The molecule has 9 heavy (non-hydrogen) atoms. The van der Waals surface area contributed by atoms with E-state index < -0.39 is 0 Å². The molecule has 1 atom stereocenters. The summed E-state index contributed by atoms with van der Waals surface area (Å²) in [6, 6.07) is 0. The molecule has 0 saturated carbocycles. The van der Waals surface area contributed by atoms with Gasteiger partial charge >= 0.3 is 0 Å². The van der Waals surface area contributed by atoms with Gasteiger partial charge in [-0.15, -0.1) is 0 Å². The largest absolute Gasteiger partial charge is 0.330 e. The van der Waals surface area contributed by atoms with Crippen molar-refractivity contribution in [3.05, 3.63) is 0 Å². The molecular formula is C7H18N2. The summed E-state index contributed by atoms with van der Waals surface area (Å²) in [5.74, 6) is 0.764. The van der Waals surface area contributed by atoms with Crippen LogP contribution in [-0.4, -0.2) is 19.6 Å². The third-order valence-electron chi connectivity index (χ3n) is 1.50. The average Bonchev–Trinajstić information content (AvgIpc) is 2.43. The van der Waals surface area contributed by atoms with Gasteiger partial charge in [-0.2, -0.15) is 0 Å². The van der Waals surface area contributed by atoms with Crippen LogP contribution in [0, 0.1) is 5.92 Å². The van der Waals surface area contributed by atoms with Crippen LogP contribution in [0.2, 0.25) is 0 Å². The highest BCUT2D eigenvalue weighted by Crippen LogP contribution is 2.02. The molecule has 0 radical (unpaired) electrons. The van der Waals surface area contributed by atoms with Crippen LogP contribution in [0.4, 0.5) is 0 Å². The van der Waals surface area contributed by atoms with Crippen LogP contribution in [-0.2, 0) is 0 Å². The first-order valence-electron chi connectivity index (χ1n) is 3.84. The molecule has 0 aromatic rings. The molecule has 0 aliphatic carbocycles. The fourth-order valence-electron chi connectivity index (χ4n) is 0.916. The van der Waals surface area contributed by atoms with E-state index in [9.17, 15) is 0 Å². The summed E-state index contributed by atoms with van der Waals surface area (Å²) < 4.78 is 0. The van der Waals surface area contributed by atoms with Gasteiger partial charge in [-0.3, -0.25) is 0 Å². The van der Waals surface area contributed by atoms with Crippen LogP contribution in [0.5, 0.6) is 0 Å². The molecule has 0 bridgehead atoms. The lowest BCUT2D eigenvalue weighted by Crippen LogP contribution is -2.16.